The number of hydrogen-bond donors (Lipinski definition) is 2. The summed E-state index contributed by atoms with van der Waals surface area (Å²) in [6.45, 7) is 7.66. The maximum atomic E-state index is 12.0. The highest BCUT2D eigenvalue weighted by atomic mass is 16.5. The summed E-state index contributed by atoms with van der Waals surface area (Å²) >= 11 is 0. The van der Waals surface area contributed by atoms with Gasteiger partial charge in [-0.25, -0.2) is 9.97 Å². The molecule has 0 radical (unpaired) electrons. The Morgan fingerprint density at radius 1 is 1.31 bits per heavy atom. The molecule has 7 nitrogen and oxygen atoms in total. The smallest absolute Gasteiger partial charge is 0.227 e. The lowest BCUT2D eigenvalue weighted by Gasteiger charge is -2.18. The summed E-state index contributed by atoms with van der Waals surface area (Å²) in [6.07, 6.45) is 14.0. The van der Waals surface area contributed by atoms with Gasteiger partial charge in [0, 0.05) is 48.1 Å². The summed E-state index contributed by atoms with van der Waals surface area (Å²) in [5.74, 6) is 1.38. The van der Waals surface area contributed by atoms with Crippen LogP contribution in [0.15, 0.2) is 78.8 Å². The lowest BCUT2D eigenvalue weighted by atomic mass is 10.1. The van der Waals surface area contributed by atoms with E-state index in [1.165, 1.54) is 0 Å². The largest absolute Gasteiger partial charge is 0.496 e. The molecule has 35 heavy (non-hydrogen) atoms. The lowest BCUT2D eigenvalue weighted by Crippen LogP contribution is -2.21. The molecule has 7 heteroatoms. The van der Waals surface area contributed by atoms with Crippen LogP contribution in [0.5, 0.6) is 5.75 Å². The van der Waals surface area contributed by atoms with Gasteiger partial charge in [-0.1, -0.05) is 25.2 Å². The first-order valence-corrected chi connectivity index (χ1v) is 12.0. The molecular weight excluding hydrogens is 438 g/mol. The van der Waals surface area contributed by atoms with Crippen molar-refractivity contribution in [3.8, 4) is 17.0 Å². The average molecular weight is 474 g/mol. The molecule has 0 saturated carbocycles. The van der Waals surface area contributed by atoms with Gasteiger partial charge in [0.25, 0.3) is 0 Å². The quantitative estimate of drug-likeness (QED) is 0.412. The summed E-state index contributed by atoms with van der Waals surface area (Å²) < 4.78 is 5.58. The van der Waals surface area contributed by atoms with E-state index in [1.807, 2.05) is 42.5 Å². The minimum Gasteiger partial charge on any atom is -0.496 e. The molecule has 0 atom stereocenters. The number of rotatable bonds is 12. The van der Waals surface area contributed by atoms with Gasteiger partial charge in [-0.3, -0.25) is 4.79 Å². The number of hydrogen-bond acceptors (Lipinski definition) is 6. The van der Waals surface area contributed by atoms with E-state index in [9.17, 15) is 4.79 Å². The monoisotopic (exact) mass is 473 g/mol. The lowest BCUT2D eigenvalue weighted by molar-refractivity contribution is -0.120. The third-order valence-corrected chi connectivity index (χ3v) is 5.52. The van der Waals surface area contributed by atoms with Crippen LogP contribution in [-0.4, -0.2) is 41.5 Å². The number of ether oxygens (including phenoxy) is 1. The van der Waals surface area contributed by atoms with E-state index < -0.39 is 0 Å². The zero-order chi connectivity index (χ0) is 25.0. The van der Waals surface area contributed by atoms with E-state index in [1.54, 1.807) is 19.4 Å². The molecule has 0 aliphatic heterocycles. The molecule has 0 bridgehead atoms. The van der Waals surface area contributed by atoms with Crippen molar-refractivity contribution in [1.82, 2.24) is 20.2 Å². The van der Waals surface area contributed by atoms with Gasteiger partial charge in [0.1, 0.15) is 5.75 Å². The van der Waals surface area contributed by atoms with Crippen molar-refractivity contribution >= 4 is 11.9 Å². The molecule has 1 aliphatic carbocycles. The number of nitrogens with one attached hydrogen (secondary N) is 2. The van der Waals surface area contributed by atoms with E-state index >= 15 is 0 Å². The van der Waals surface area contributed by atoms with Crippen molar-refractivity contribution in [2.45, 2.75) is 39.2 Å². The van der Waals surface area contributed by atoms with E-state index in [0.29, 0.717) is 25.2 Å². The Balaban J connectivity index is 1.71. The fourth-order valence-electron chi connectivity index (χ4n) is 3.80. The first-order valence-electron chi connectivity index (χ1n) is 12.0. The maximum absolute atomic E-state index is 12.0. The van der Waals surface area contributed by atoms with Gasteiger partial charge >= 0.3 is 0 Å². The van der Waals surface area contributed by atoms with Gasteiger partial charge < -0.3 is 20.3 Å². The molecule has 1 aromatic heterocycles. The van der Waals surface area contributed by atoms with Crippen molar-refractivity contribution in [3.63, 3.8) is 0 Å². The van der Waals surface area contributed by atoms with E-state index in [4.69, 9.17) is 9.72 Å². The van der Waals surface area contributed by atoms with Crippen LogP contribution in [0.25, 0.3) is 11.3 Å². The number of nitrogens with zero attached hydrogens (tertiary/aromatic N) is 3. The third-order valence-electron chi connectivity index (χ3n) is 5.52. The molecule has 184 valence electrons. The maximum Gasteiger partial charge on any atom is 0.227 e. The molecule has 0 spiro atoms. The van der Waals surface area contributed by atoms with Crippen LogP contribution in [0.3, 0.4) is 0 Å². The number of allylic oxidation sites excluding steroid dienone is 5. The number of carbonyl (C=O) groups is 1. The SMILES string of the molecule is C=CCCC(=O)NC1=CCC(Nc2nccc(-c3ccc(OC)c(CN(C)CCC)c3)n2)=CC=C1. The molecule has 3 rings (SSSR count). The van der Waals surface area contributed by atoms with Crippen LogP contribution in [0.1, 0.15) is 38.2 Å². The summed E-state index contributed by atoms with van der Waals surface area (Å²) in [7, 11) is 3.82. The highest BCUT2D eigenvalue weighted by Gasteiger charge is 2.11. The number of aromatic nitrogens is 2. The Labute approximate surface area is 208 Å². The molecule has 1 heterocycles. The number of amides is 1. The summed E-state index contributed by atoms with van der Waals surface area (Å²) in [5.41, 5.74) is 4.68. The van der Waals surface area contributed by atoms with Gasteiger partial charge in [0.15, 0.2) is 0 Å². The zero-order valence-electron chi connectivity index (χ0n) is 20.9. The Kier molecular flexibility index (Phi) is 9.80. The van der Waals surface area contributed by atoms with Crippen molar-refractivity contribution in [2.75, 3.05) is 26.0 Å². The predicted octanol–water partition coefficient (Wildman–Crippen LogP) is 5.22. The van der Waals surface area contributed by atoms with E-state index in [2.05, 4.69) is 47.1 Å². The van der Waals surface area contributed by atoms with Gasteiger partial charge in [0.2, 0.25) is 11.9 Å². The summed E-state index contributed by atoms with van der Waals surface area (Å²) in [4.78, 5) is 23.4. The van der Waals surface area contributed by atoms with Gasteiger partial charge in [-0.05, 0) is 62.9 Å². The number of carbonyl (C=O) groups excluding carboxylic acids is 1. The van der Waals surface area contributed by atoms with Crippen LogP contribution < -0.4 is 15.4 Å². The number of methoxy groups -OCH3 is 1. The van der Waals surface area contributed by atoms with Crippen LogP contribution in [-0.2, 0) is 11.3 Å². The first-order chi connectivity index (χ1) is 17.0. The van der Waals surface area contributed by atoms with Crippen LogP contribution in [0.2, 0.25) is 0 Å². The molecule has 1 amide bonds. The van der Waals surface area contributed by atoms with Gasteiger partial charge in [0.05, 0.1) is 12.8 Å². The molecule has 0 fully saturated rings. The Morgan fingerprint density at radius 3 is 2.94 bits per heavy atom. The molecule has 2 aromatic rings. The highest BCUT2D eigenvalue weighted by molar-refractivity contribution is 5.78. The third kappa shape index (κ3) is 7.93. The highest BCUT2D eigenvalue weighted by Crippen LogP contribution is 2.27. The van der Waals surface area contributed by atoms with Crippen molar-refractivity contribution in [2.24, 2.45) is 0 Å². The molecule has 1 aromatic carbocycles. The second kappa shape index (κ2) is 13.2. The number of benzene rings is 1. The van der Waals surface area contributed by atoms with E-state index in [-0.39, 0.29) is 5.91 Å². The Bertz CT molecular complexity index is 1120. The minimum atomic E-state index is -0.0204. The molecule has 2 N–H and O–H groups in total. The topological polar surface area (TPSA) is 79.4 Å². The van der Waals surface area contributed by atoms with E-state index in [0.717, 1.165) is 53.5 Å². The van der Waals surface area contributed by atoms with Crippen molar-refractivity contribution < 1.29 is 9.53 Å². The van der Waals surface area contributed by atoms with Crippen molar-refractivity contribution in [1.29, 1.82) is 0 Å². The minimum absolute atomic E-state index is 0.0204. The van der Waals surface area contributed by atoms with Gasteiger partial charge in [-0.2, -0.15) is 0 Å². The normalized spacial score (nSPS) is 13.0. The Morgan fingerprint density at radius 2 is 2.17 bits per heavy atom. The molecule has 0 unspecified atom stereocenters. The predicted molar refractivity (Wildman–Crippen MR) is 142 cm³/mol. The fourth-order valence-corrected chi connectivity index (χ4v) is 3.80. The van der Waals surface area contributed by atoms with Crippen molar-refractivity contribution in [3.05, 3.63) is 84.4 Å². The van der Waals surface area contributed by atoms with Gasteiger partial charge in [-0.15, -0.1) is 6.58 Å². The summed E-state index contributed by atoms with van der Waals surface area (Å²) in [6, 6.07) is 8.06. The molecular formula is C28H35N5O2. The standard InChI is InChI=1S/C28H35N5O2/c1-5-7-11-27(34)30-23-9-8-10-24(14-13-23)31-28-29-17-16-25(32-28)21-12-15-26(35-4)22(19-21)20-33(3)18-6-2/h5,8-10,12-13,15-17,19H,1,6-7,11,14,18,20H2,2-4H3,(H,30,34)(H,29,31,32). The number of anilines is 1. The van der Waals surface area contributed by atoms with Crippen LogP contribution >= 0.6 is 0 Å². The Hall–Kier alpha value is -3.71. The fraction of sp³-hybridized carbons (Fsp3) is 0.321. The molecule has 0 saturated heterocycles. The van der Waals surface area contributed by atoms with Crippen LogP contribution in [0.4, 0.5) is 5.95 Å². The summed E-state index contributed by atoms with van der Waals surface area (Å²) in [5, 5.41) is 6.24. The second-order valence-electron chi connectivity index (χ2n) is 8.45. The zero-order valence-corrected chi connectivity index (χ0v) is 20.9. The molecule has 1 aliphatic rings. The average Bonchev–Trinajstić information content (AvgIpc) is 3.07. The second-order valence-corrected chi connectivity index (χ2v) is 8.45. The first kappa shape index (κ1) is 25.9. The van der Waals surface area contributed by atoms with Crippen LogP contribution in [0, 0.1) is 0 Å².